The molecule has 4 rings (SSSR count). The van der Waals surface area contributed by atoms with E-state index in [0.29, 0.717) is 13.0 Å². The molecule has 10 heteroatoms. The van der Waals surface area contributed by atoms with E-state index in [0.717, 1.165) is 51.4 Å². The second kappa shape index (κ2) is 10.6. The summed E-state index contributed by atoms with van der Waals surface area (Å²) in [4.78, 5) is 67.7. The number of carbonyl (C=O) groups is 5. The zero-order valence-electron chi connectivity index (χ0n) is 22.6. The van der Waals surface area contributed by atoms with Crippen LogP contribution in [0.4, 0.5) is 4.79 Å². The number of ketones is 1. The first-order chi connectivity index (χ1) is 17.4. The van der Waals surface area contributed by atoms with Crippen LogP contribution >= 0.6 is 0 Å². The van der Waals surface area contributed by atoms with Crippen molar-refractivity contribution in [2.45, 2.75) is 89.8 Å². The van der Waals surface area contributed by atoms with E-state index < -0.39 is 35.7 Å². The first-order valence-electron chi connectivity index (χ1n) is 13.9. The zero-order chi connectivity index (χ0) is 27.1. The van der Waals surface area contributed by atoms with Crippen LogP contribution in [0.3, 0.4) is 0 Å². The number of nitrogens with two attached hydrogens (primary N) is 1. The molecular weight excluding hydrogens is 474 g/mol. The van der Waals surface area contributed by atoms with Crippen molar-refractivity contribution in [3.8, 4) is 0 Å². The van der Waals surface area contributed by atoms with Gasteiger partial charge in [-0.05, 0) is 48.3 Å². The van der Waals surface area contributed by atoms with Crippen molar-refractivity contribution < 1.29 is 24.0 Å². The fraction of sp³-hybridized carbons (Fsp3) is 0.815. The lowest BCUT2D eigenvalue weighted by atomic mass is 9.80. The molecule has 37 heavy (non-hydrogen) atoms. The van der Waals surface area contributed by atoms with E-state index in [9.17, 15) is 24.0 Å². The summed E-state index contributed by atoms with van der Waals surface area (Å²) in [6.07, 6.45) is 8.20. The summed E-state index contributed by atoms with van der Waals surface area (Å²) >= 11 is 0. The third kappa shape index (κ3) is 5.48. The molecule has 0 aromatic rings. The molecule has 1 aliphatic heterocycles. The first kappa shape index (κ1) is 27.4. The number of hydrogen-bond acceptors (Lipinski definition) is 5. The van der Waals surface area contributed by atoms with E-state index in [1.165, 1.54) is 4.90 Å². The Hall–Kier alpha value is -2.65. The van der Waals surface area contributed by atoms with Crippen LogP contribution < -0.4 is 16.4 Å². The van der Waals surface area contributed by atoms with Gasteiger partial charge in [-0.3, -0.25) is 19.2 Å². The smallest absolute Gasteiger partial charge is 0.317 e. The molecule has 0 spiro atoms. The molecule has 10 nitrogen and oxygen atoms in total. The SMILES string of the molecule is CN(C)C(=O)NC(C(=O)N1CC2C(C1C(=O)NC(CC1CCC1)C(=O)C(N)=O)C2(C)C)C1CCCCC1. The average Bonchev–Trinajstić information content (AvgIpc) is 3.16. The molecule has 3 aliphatic carbocycles. The number of urea groups is 1. The molecule has 0 aromatic heterocycles. The van der Waals surface area contributed by atoms with E-state index >= 15 is 0 Å². The molecule has 5 amide bonds. The van der Waals surface area contributed by atoms with Gasteiger partial charge < -0.3 is 26.2 Å². The molecule has 4 aliphatic rings. The third-order valence-electron chi connectivity index (χ3n) is 9.50. The molecule has 3 saturated carbocycles. The highest BCUT2D eigenvalue weighted by Crippen LogP contribution is 2.65. The van der Waals surface area contributed by atoms with Crippen LogP contribution in [0.1, 0.15) is 71.6 Å². The van der Waals surface area contributed by atoms with Crippen molar-refractivity contribution in [3.63, 3.8) is 0 Å². The van der Waals surface area contributed by atoms with E-state index in [-0.39, 0.29) is 41.0 Å². The standard InChI is InChI=1S/C27H43N5O5/c1-27(2)17-14-32(25(36)20(30-26(37)31(3)4)16-11-6-5-7-12-16)21(19(17)27)24(35)29-18(22(33)23(28)34)13-15-9-8-10-15/h15-21H,5-14H2,1-4H3,(H2,28,34)(H,29,35)(H,30,37). The van der Waals surface area contributed by atoms with Crippen LogP contribution in [0.2, 0.25) is 0 Å². The van der Waals surface area contributed by atoms with Crippen molar-refractivity contribution in [2.24, 2.45) is 34.8 Å². The summed E-state index contributed by atoms with van der Waals surface area (Å²) in [5.41, 5.74) is 5.19. The topological polar surface area (TPSA) is 142 Å². The molecule has 0 bridgehead atoms. The molecule has 4 N–H and O–H groups in total. The Morgan fingerprint density at radius 1 is 0.973 bits per heavy atom. The van der Waals surface area contributed by atoms with Gasteiger partial charge in [-0.2, -0.15) is 0 Å². The number of fused-ring (bicyclic) bond motifs is 1. The van der Waals surface area contributed by atoms with Crippen molar-refractivity contribution >= 4 is 29.5 Å². The van der Waals surface area contributed by atoms with Crippen LogP contribution in [0.5, 0.6) is 0 Å². The number of piperidine rings is 1. The van der Waals surface area contributed by atoms with Gasteiger partial charge in [0.2, 0.25) is 17.6 Å². The molecule has 5 unspecified atom stereocenters. The largest absolute Gasteiger partial charge is 0.363 e. The molecule has 4 fully saturated rings. The lowest BCUT2D eigenvalue weighted by Gasteiger charge is -2.37. The second-order valence-electron chi connectivity index (χ2n) is 12.4. The number of nitrogens with one attached hydrogen (secondary N) is 2. The Balaban J connectivity index is 1.56. The minimum absolute atomic E-state index is 0.0154. The summed E-state index contributed by atoms with van der Waals surface area (Å²) in [6.45, 7) is 4.63. The monoisotopic (exact) mass is 517 g/mol. The Kier molecular flexibility index (Phi) is 7.85. The maximum atomic E-state index is 14.0. The molecular formula is C27H43N5O5. The van der Waals surface area contributed by atoms with Gasteiger partial charge in [-0.15, -0.1) is 0 Å². The van der Waals surface area contributed by atoms with Crippen LogP contribution in [-0.2, 0) is 19.2 Å². The van der Waals surface area contributed by atoms with Gasteiger partial charge in [0.1, 0.15) is 12.1 Å². The molecule has 0 radical (unpaired) electrons. The highest BCUT2D eigenvalue weighted by atomic mass is 16.2. The summed E-state index contributed by atoms with van der Waals surface area (Å²) in [5, 5.41) is 5.75. The van der Waals surface area contributed by atoms with Crippen molar-refractivity contribution in [3.05, 3.63) is 0 Å². The minimum Gasteiger partial charge on any atom is -0.363 e. The number of nitrogens with zero attached hydrogens (tertiary/aromatic N) is 2. The van der Waals surface area contributed by atoms with Crippen molar-refractivity contribution in [2.75, 3.05) is 20.6 Å². The van der Waals surface area contributed by atoms with Gasteiger partial charge in [-0.25, -0.2) is 4.79 Å². The Morgan fingerprint density at radius 2 is 1.62 bits per heavy atom. The number of hydrogen-bond donors (Lipinski definition) is 3. The van der Waals surface area contributed by atoms with Gasteiger partial charge in [0.15, 0.2) is 0 Å². The van der Waals surface area contributed by atoms with Crippen molar-refractivity contribution in [1.82, 2.24) is 20.4 Å². The van der Waals surface area contributed by atoms with Gasteiger partial charge >= 0.3 is 6.03 Å². The minimum atomic E-state index is -1.06. The van der Waals surface area contributed by atoms with Crippen LogP contribution in [-0.4, -0.2) is 78.1 Å². The average molecular weight is 518 g/mol. The van der Waals surface area contributed by atoms with Gasteiger partial charge in [0, 0.05) is 20.6 Å². The fourth-order valence-electron chi connectivity index (χ4n) is 6.82. The molecule has 206 valence electrons. The Labute approximate surface area is 219 Å². The fourth-order valence-corrected chi connectivity index (χ4v) is 6.82. The third-order valence-corrected chi connectivity index (χ3v) is 9.50. The lowest BCUT2D eigenvalue weighted by Crippen LogP contribution is -2.60. The van der Waals surface area contributed by atoms with E-state index in [2.05, 4.69) is 24.5 Å². The van der Waals surface area contributed by atoms with E-state index in [1.54, 1.807) is 19.0 Å². The molecule has 1 heterocycles. The Bertz CT molecular complexity index is 939. The maximum absolute atomic E-state index is 14.0. The molecule has 0 aromatic carbocycles. The number of likely N-dealkylation sites (tertiary alicyclic amines) is 1. The predicted octanol–water partition coefficient (Wildman–Crippen LogP) is 1.42. The van der Waals surface area contributed by atoms with E-state index in [4.69, 9.17) is 5.73 Å². The predicted molar refractivity (Wildman–Crippen MR) is 137 cm³/mol. The summed E-state index contributed by atoms with van der Waals surface area (Å²) in [5.74, 6) is -2.08. The zero-order valence-corrected chi connectivity index (χ0v) is 22.6. The highest BCUT2D eigenvalue weighted by molar-refractivity contribution is 6.37. The summed E-state index contributed by atoms with van der Waals surface area (Å²) < 4.78 is 0. The number of primary amides is 1. The van der Waals surface area contributed by atoms with Crippen molar-refractivity contribution in [1.29, 1.82) is 0 Å². The van der Waals surface area contributed by atoms with Crippen LogP contribution in [0.25, 0.3) is 0 Å². The Morgan fingerprint density at radius 3 is 2.16 bits per heavy atom. The number of carbonyl (C=O) groups excluding carboxylic acids is 5. The highest BCUT2D eigenvalue weighted by Gasteiger charge is 2.69. The maximum Gasteiger partial charge on any atom is 0.317 e. The molecule has 5 atom stereocenters. The second-order valence-corrected chi connectivity index (χ2v) is 12.4. The normalized spacial score (nSPS) is 28.3. The number of rotatable bonds is 9. The number of Topliss-reactive ketones (excluding diaryl/α,β-unsaturated/α-hetero) is 1. The van der Waals surface area contributed by atoms with Gasteiger partial charge in [0.25, 0.3) is 5.91 Å². The summed E-state index contributed by atoms with van der Waals surface area (Å²) in [6, 6.07) is -2.76. The van der Waals surface area contributed by atoms with Gasteiger partial charge in [0.05, 0.1) is 6.04 Å². The van der Waals surface area contributed by atoms with Crippen LogP contribution in [0.15, 0.2) is 0 Å². The van der Waals surface area contributed by atoms with E-state index in [1.807, 2.05) is 0 Å². The first-order valence-corrected chi connectivity index (χ1v) is 13.9. The quantitative estimate of drug-likeness (QED) is 0.397. The molecule has 1 saturated heterocycles. The van der Waals surface area contributed by atoms with Gasteiger partial charge in [-0.1, -0.05) is 52.4 Å². The summed E-state index contributed by atoms with van der Waals surface area (Å²) in [7, 11) is 3.28. The number of amides is 5. The lowest BCUT2D eigenvalue weighted by molar-refractivity contribution is -0.144. The van der Waals surface area contributed by atoms with Crippen LogP contribution in [0, 0.1) is 29.1 Å².